The summed E-state index contributed by atoms with van der Waals surface area (Å²) in [4.78, 5) is 0. The summed E-state index contributed by atoms with van der Waals surface area (Å²) < 4.78 is 18.9. The second kappa shape index (κ2) is 10.7. The quantitative estimate of drug-likeness (QED) is 0.595. The molecule has 1 N–H and O–H groups in total. The van der Waals surface area contributed by atoms with Gasteiger partial charge in [0.05, 0.1) is 6.61 Å². The van der Waals surface area contributed by atoms with E-state index in [0.29, 0.717) is 6.54 Å². The number of benzene rings is 1. The van der Waals surface area contributed by atoms with Crippen LogP contribution in [-0.2, 0) is 6.54 Å². The second-order valence-corrected chi connectivity index (χ2v) is 5.25. The zero-order valence-electron chi connectivity index (χ0n) is 12.9. The maximum atomic E-state index is 13.2. The van der Waals surface area contributed by atoms with Gasteiger partial charge in [-0.25, -0.2) is 4.39 Å². The molecule has 0 saturated carbocycles. The lowest BCUT2D eigenvalue weighted by Crippen LogP contribution is -2.08. The molecule has 0 atom stereocenters. The Hall–Kier alpha value is -1.09. The Labute approximate surface area is 122 Å². The van der Waals surface area contributed by atoms with Gasteiger partial charge in [0.25, 0.3) is 0 Å². The average molecular weight is 281 g/mol. The first kappa shape index (κ1) is 17.0. The van der Waals surface area contributed by atoms with Crippen molar-refractivity contribution in [2.45, 2.75) is 58.4 Å². The lowest BCUT2D eigenvalue weighted by Gasteiger charge is -2.11. The Morgan fingerprint density at radius 1 is 1.05 bits per heavy atom. The van der Waals surface area contributed by atoms with Crippen molar-refractivity contribution in [3.05, 3.63) is 29.6 Å². The van der Waals surface area contributed by atoms with Gasteiger partial charge in [-0.1, -0.05) is 45.4 Å². The van der Waals surface area contributed by atoms with Crippen LogP contribution in [0.3, 0.4) is 0 Å². The summed E-state index contributed by atoms with van der Waals surface area (Å²) in [5.74, 6) is 0.588. The first-order chi connectivity index (χ1) is 9.77. The highest BCUT2D eigenvalue weighted by atomic mass is 19.1. The Kier molecular flexibility index (Phi) is 9.05. The van der Waals surface area contributed by atoms with Crippen LogP contribution in [0.1, 0.15) is 57.4 Å². The van der Waals surface area contributed by atoms with E-state index in [9.17, 15) is 4.39 Å². The number of hydrogen-bond donors (Lipinski definition) is 1. The van der Waals surface area contributed by atoms with Crippen molar-refractivity contribution in [2.75, 3.05) is 13.7 Å². The van der Waals surface area contributed by atoms with Crippen LogP contribution in [0.2, 0.25) is 0 Å². The molecule has 1 aromatic rings. The molecule has 20 heavy (non-hydrogen) atoms. The minimum absolute atomic E-state index is 0.210. The first-order valence-electron chi connectivity index (χ1n) is 7.83. The molecule has 0 saturated heterocycles. The number of halogens is 1. The summed E-state index contributed by atoms with van der Waals surface area (Å²) in [5.41, 5.74) is 0.885. The van der Waals surface area contributed by atoms with Gasteiger partial charge in [-0.15, -0.1) is 0 Å². The molecule has 2 nitrogen and oxygen atoms in total. The molecular formula is C17H28FNO. The monoisotopic (exact) mass is 281 g/mol. The zero-order valence-corrected chi connectivity index (χ0v) is 12.9. The van der Waals surface area contributed by atoms with Gasteiger partial charge in [-0.05, 0) is 31.7 Å². The molecule has 0 aliphatic rings. The minimum Gasteiger partial charge on any atom is -0.493 e. The highest BCUT2D eigenvalue weighted by Gasteiger charge is 2.04. The topological polar surface area (TPSA) is 21.3 Å². The molecule has 1 rings (SSSR count). The molecule has 0 bridgehead atoms. The normalized spacial score (nSPS) is 10.8. The third-order valence-electron chi connectivity index (χ3n) is 3.40. The van der Waals surface area contributed by atoms with Gasteiger partial charge in [0.2, 0.25) is 0 Å². The SMILES string of the molecule is CCCCCCCCCOc1ccc(F)cc1CNC. The number of nitrogens with one attached hydrogen (secondary N) is 1. The molecular weight excluding hydrogens is 253 g/mol. The molecule has 0 aliphatic carbocycles. The molecule has 0 fully saturated rings. The van der Waals surface area contributed by atoms with Crippen molar-refractivity contribution in [2.24, 2.45) is 0 Å². The second-order valence-electron chi connectivity index (χ2n) is 5.25. The third-order valence-corrected chi connectivity index (χ3v) is 3.40. The van der Waals surface area contributed by atoms with Crippen molar-refractivity contribution in [1.29, 1.82) is 0 Å². The Balaban J connectivity index is 2.21. The maximum absolute atomic E-state index is 13.2. The van der Waals surface area contributed by atoms with Gasteiger partial charge in [-0.3, -0.25) is 0 Å². The molecule has 0 radical (unpaired) electrons. The van der Waals surface area contributed by atoms with Crippen molar-refractivity contribution in [3.8, 4) is 5.75 Å². The van der Waals surface area contributed by atoms with Crippen molar-refractivity contribution in [1.82, 2.24) is 5.32 Å². The number of ether oxygens (including phenoxy) is 1. The molecule has 3 heteroatoms. The van der Waals surface area contributed by atoms with Gasteiger partial charge in [-0.2, -0.15) is 0 Å². The standard InChI is InChI=1S/C17H28FNO/c1-3-4-5-6-7-8-9-12-20-17-11-10-16(18)13-15(17)14-19-2/h10-11,13,19H,3-9,12,14H2,1-2H3. The van der Waals surface area contributed by atoms with Gasteiger partial charge in [0.1, 0.15) is 11.6 Å². The summed E-state index contributed by atoms with van der Waals surface area (Å²) in [6.45, 7) is 3.58. The van der Waals surface area contributed by atoms with Crippen LogP contribution in [0.15, 0.2) is 18.2 Å². The molecule has 0 spiro atoms. The van der Waals surface area contributed by atoms with Gasteiger partial charge in [0.15, 0.2) is 0 Å². The van der Waals surface area contributed by atoms with E-state index < -0.39 is 0 Å². The first-order valence-corrected chi connectivity index (χ1v) is 7.83. The Morgan fingerprint density at radius 2 is 1.75 bits per heavy atom. The summed E-state index contributed by atoms with van der Waals surface area (Å²) in [6.07, 6.45) is 8.89. The Bertz CT molecular complexity index is 368. The molecule has 114 valence electrons. The average Bonchev–Trinajstić information content (AvgIpc) is 2.44. The highest BCUT2D eigenvalue weighted by molar-refractivity contribution is 5.33. The number of unbranched alkanes of at least 4 members (excludes halogenated alkanes) is 6. The van der Waals surface area contributed by atoms with Crippen molar-refractivity contribution < 1.29 is 9.13 Å². The van der Waals surface area contributed by atoms with Gasteiger partial charge < -0.3 is 10.1 Å². The Morgan fingerprint density at radius 3 is 2.45 bits per heavy atom. The van der Waals surface area contributed by atoms with Crippen LogP contribution < -0.4 is 10.1 Å². The number of hydrogen-bond acceptors (Lipinski definition) is 2. The fourth-order valence-electron chi connectivity index (χ4n) is 2.26. The van der Waals surface area contributed by atoms with Crippen molar-refractivity contribution in [3.63, 3.8) is 0 Å². The molecule has 0 aliphatic heterocycles. The van der Waals surface area contributed by atoms with E-state index >= 15 is 0 Å². The van der Waals surface area contributed by atoms with E-state index in [1.54, 1.807) is 6.07 Å². The van der Waals surface area contributed by atoms with E-state index in [-0.39, 0.29) is 5.82 Å². The van der Waals surface area contributed by atoms with Crippen LogP contribution in [-0.4, -0.2) is 13.7 Å². The highest BCUT2D eigenvalue weighted by Crippen LogP contribution is 2.20. The van der Waals surface area contributed by atoms with Gasteiger partial charge in [0, 0.05) is 12.1 Å². The fraction of sp³-hybridized carbons (Fsp3) is 0.647. The predicted octanol–water partition coefficient (Wildman–Crippen LogP) is 4.67. The molecule has 1 aromatic carbocycles. The largest absolute Gasteiger partial charge is 0.493 e. The van der Waals surface area contributed by atoms with E-state index in [0.717, 1.165) is 24.3 Å². The summed E-state index contributed by atoms with van der Waals surface area (Å²) >= 11 is 0. The smallest absolute Gasteiger partial charge is 0.123 e. The number of rotatable bonds is 11. The molecule has 0 amide bonds. The van der Waals surface area contributed by atoms with E-state index in [2.05, 4.69) is 12.2 Å². The van der Waals surface area contributed by atoms with E-state index in [1.807, 2.05) is 7.05 Å². The predicted molar refractivity (Wildman–Crippen MR) is 82.7 cm³/mol. The summed E-state index contributed by atoms with van der Waals surface area (Å²) in [7, 11) is 1.85. The van der Waals surface area contributed by atoms with Crippen molar-refractivity contribution >= 4 is 0 Å². The van der Waals surface area contributed by atoms with Crippen LogP contribution in [0.5, 0.6) is 5.75 Å². The lowest BCUT2D eigenvalue weighted by molar-refractivity contribution is 0.300. The summed E-state index contributed by atoms with van der Waals surface area (Å²) in [6, 6.07) is 4.72. The zero-order chi connectivity index (χ0) is 14.6. The minimum atomic E-state index is -0.210. The van der Waals surface area contributed by atoms with E-state index in [4.69, 9.17) is 4.74 Å². The summed E-state index contributed by atoms with van der Waals surface area (Å²) in [5, 5.41) is 3.04. The maximum Gasteiger partial charge on any atom is 0.123 e. The molecule has 0 unspecified atom stereocenters. The van der Waals surface area contributed by atoms with E-state index in [1.165, 1.54) is 50.7 Å². The van der Waals surface area contributed by atoms with Crippen LogP contribution in [0.4, 0.5) is 4.39 Å². The third kappa shape index (κ3) is 6.90. The lowest BCUT2D eigenvalue weighted by atomic mass is 10.1. The van der Waals surface area contributed by atoms with Crippen LogP contribution in [0, 0.1) is 5.82 Å². The molecule has 0 heterocycles. The van der Waals surface area contributed by atoms with Crippen LogP contribution in [0.25, 0.3) is 0 Å². The van der Waals surface area contributed by atoms with Gasteiger partial charge >= 0.3 is 0 Å². The van der Waals surface area contributed by atoms with Crippen LogP contribution >= 0.6 is 0 Å². The fourth-order valence-corrected chi connectivity index (χ4v) is 2.26. The molecule has 0 aromatic heterocycles.